The monoisotopic (exact) mass is 326 g/mol. The van der Waals surface area contributed by atoms with Crippen LogP contribution >= 0.6 is 0 Å². The third-order valence-electron chi connectivity index (χ3n) is 3.95. The molecule has 6 heteroatoms. The van der Waals surface area contributed by atoms with Crippen molar-refractivity contribution in [3.05, 3.63) is 42.2 Å². The van der Waals surface area contributed by atoms with Crippen LogP contribution in [-0.2, 0) is 11.2 Å². The first-order chi connectivity index (χ1) is 11.7. The maximum atomic E-state index is 12.2. The van der Waals surface area contributed by atoms with E-state index in [0.717, 1.165) is 30.2 Å². The second-order valence-electron chi connectivity index (χ2n) is 5.76. The number of nitrogens with one attached hydrogen (secondary N) is 1. The number of benzene rings is 1. The van der Waals surface area contributed by atoms with Crippen molar-refractivity contribution < 1.29 is 9.53 Å². The van der Waals surface area contributed by atoms with Gasteiger partial charge in [0.05, 0.1) is 13.0 Å². The van der Waals surface area contributed by atoms with Gasteiger partial charge in [-0.2, -0.15) is 0 Å². The van der Waals surface area contributed by atoms with E-state index in [9.17, 15) is 4.79 Å². The van der Waals surface area contributed by atoms with Crippen LogP contribution < -0.4 is 15.0 Å². The van der Waals surface area contributed by atoms with Crippen molar-refractivity contribution in [3.63, 3.8) is 0 Å². The third-order valence-corrected chi connectivity index (χ3v) is 3.95. The molecule has 1 aliphatic rings. The molecule has 1 N–H and O–H groups in total. The standard InChI is InChI=1S/C18H22N4O2/c1-2-24-15-7-5-14(6-8-15)11-18(23)21-16-12-17(20-13-19-16)22-9-3-4-10-22/h5-8,12-13H,2-4,9-11H2,1H3,(H,19,20,21,23). The number of nitrogens with zero attached hydrogens (tertiary/aromatic N) is 3. The largest absolute Gasteiger partial charge is 0.494 e. The van der Waals surface area contributed by atoms with Gasteiger partial charge in [0.2, 0.25) is 5.91 Å². The molecule has 0 atom stereocenters. The Morgan fingerprint density at radius 2 is 1.96 bits per heavy atom. The molecular weight excluding hydrogens is 304 g/mol. The summed E-state index contributed by atoms with van der Waals surface area (Å²) in [7, 11) is 0. The number of carbonyl (C=O) groups is 1. The van der Waals surface area contributed by atoms with Gasteiger partial charge in [-0.15, -0.1) is 0 Å². The summed E-state index contributed by atoms with van der Waals surface area (Å²) in [6, 6.07) is 9.40. The lowest BCUT2D eigenvalue weighted by Crippen LogP contribution is -2.20. The number of ether oxygens (including phenoxy) is 1. The minimum Gasteiger partial charge on any atom is -0.494 e. The van der Waals surface area contributed by atoms with Crippen molar-refractivity contribution in [2.24, 2.45) is 0 Å². The lowest BCUT2D eigenvalue weighted by atomic mass is 10.1. The van der Waals surface area contributed by atoms with Gasteiger partial charge in [0.1, 0.15) is 23.7 Å². The van der Waals surface area contributed by atoms with Gasteiger partial charge in [-0.25, -0.2) is 9.97 Å². The molecule has 24 heavy (non-hydrogen) atoms. The Labute approximate surface area is 141 Å². The number of amides is 1. The summed E-state index contributed by atoms with van der Waals surface area (Å²) in [5.41, 5.74) is 0.935. The summed E-state index contributed by atoms with van der Waals surface area (Å²) < 4.78 is 5.40. The lowest BCUT2D eigenvalue weighted by Gasteiger charge is -2.16. The fraction of sp³-hybridized carbons (Fsp3) is 0.389. The summed E-state index contributed by atoms with van der Waals surface area (Å²) in [6.45, 7) is 4.60. The fourth-order valence-corrected chi connectivity index (χ4v) is 2.78. The van der Waals surface area contributed by atoms with Gasteiger partial charge < -0.3 is 15.0 Å². The second-order valence-corrected chi connectivity index (χ2v) is 5.76. The molecule has 1 amide bonds. The van der Waals surface area contributed by atoms with Gasteiger partial charge in [0.15, 0.2) is 0 Å². The van der Waals surface area contributed by atoms with Crippen LogP contribution in [0.25, 0.3) is 0 Å². The van der Waals surface area contributed by atoms with Crippen molar-refractivity contribution in [3.8, 4) is 5.75 Å². The Morgan fingerprint density at radius 3 is 2.67 bits per heavy atom. The normalized spacial score (nSPS) is 13.8. The number of rotatable bonds is 6. The number of hydrogen-bond acceptors (Lipinski definition) is 5. The molecule has 0 radical (unpaired) electrons. The van der Waals surface area contributed by atoms with Crippen LogP contribution in [0.5, 0.6) is 5.75 Å². The molecule has 0 unspecified atom stereocenters. The van der Waals surface area contributed by atoms with Crippen LogP contribution in [0.4, 0.5) is 11.6 Å². The van der Waals surface area contributed by atoms with Crippen LogP contribution in [0.15, 0.2) is 36.7 Å². The molecule has 6 nitrogen and oxygen atoms in total. The predicted octanol–water partition coefficient (Wildman–Crippen LogP) is 2.66. The number of anilines is 2. The van der Waals surface area contributed by atoms with Crippen molar-refractivity contribution in [1.82, 2.24) is 9.97 Å². The highest BCUT2D eigenvalue weighted by atomic mass is 16.5. The minimum atomic E-state index is -0.0924. The summed E-state index contributed by atoms with van der Waals surface area (Å²) in [5.74, 6) is 2.14. The fourth-order valence-electron chi connectivity index (χ4n) is 2.78. The van der Waals surface area contributed by atoms with Crippen LogP contribution in [0.1, 0.15) is 25.3 Å². The van der Waals surface area contributed by atoms with E-state index < -0.39 is 0 Å². The first kappa shape index (κ1) is 16.2. The highest BCUT2D eigenvalue weighted by Crippen LogP contribution is 2.19. The van der Waals surface area contributed by atoms with Crippen molar-refractivity contribution >= 4 is 17.5 Å². The average Bonchev–Trinajstić information content (AvgIpc) is 3.12. The minimum absolute atomic E-state index is 0.0924. The first-order valence-electron chi connectivity index (χ1n) is 8.33. The zero-order valence-electron chi connectivity index (χ0n) is 13.9. The smallest absolute Gasteiger partial charge is 0.229 e. The van der Waals surface area contributed by atoms with E-state index in [1.54, 1.807) is 0 Å². The quantitative estimate of drug-likeness (QED) is 0.884. The Bertz CT molecular complexity index is 682. The van der Waals surface area contributed by atoms with Crippen molar-refractivity contribution in [2.75, 3.05) is 29.9 Å². The van der Waals surface area contributed by atoms with Gasteiger partial charge in [0.25, 0.3) is 0 Å². The average molecular weight is 326 g/mol. The van der Waals surface area contributed by atoms with E-state index in [4.69, 9.17) is 4.74 Å². The molecule has 1 aromatic heterocycles. The summed E-state index contributed by atoms with van der Waals surface area (Å²) in [5, 5.41) is 2.85. The molecule has 0 spiro atoms. The number of aromatic nitrogens is 2. The molecular formula is C18H22N4O2. The molecule has 1 aliphatic heterocycles. The molecule has 126 valence electrons. The second kappa shape index (κ2) is 7.77. The highest BCUT2D eigenvalue weighted by Gasteiger charge is 2.14. The van der Waals surface area contributed by atoms with Crippen molar-refractivity contribution in [2.45, 2.75) is 26.2 Å². The van der Waals surface area contributed by atoms with Gasteiger partial charge in [0, 0.05) is 19.2 Å². The summed E-state index contributed by atoms with van der Waals surface area (Å²) in [4.78, 5) is 22.9. The summed E-state index contributed by atoms with van der Waals surface area (Å²) in [6.07, 6.45) is 4.17. The number of hydrogen-bond donors (Lipinski definition) is 1. The van der Waals surface area contributed by atoms with E-state index in [1.807, 2.05) is 37.3 Å². The molecule has 3 rings (SSSR count). The molecule has 2 heterocycles. The van der Waals surface area contributed by atoms with Gasteiger partial charge in [-0.1, -0.05) is 12.1 Å². The maximum absolute atomic E-state index is 12.2. The third kappa shape index (κ3) is 4.22. The van der Waals surface area contributed by atoms with Crippen LogP contribution in [0.2, 0.25) is 0 Å². The Morgan fingerprint density at radius 1 is 1.21 bits per heavy atom. The molecule has 1 saturated heterocycles. The van der Waals surface area contributed by atoms with E-state index in [1.165, 1.54) is 19.2 Å². The first-order valence-corrected chi connectivity index (χ1v) is 8.33. The van der Waals surface area contributed by atoms with Gasteiger partial charge in [-0.3, -0.25) is 4.79 Å². The molecule has 0 aliphatic carbocycles. The lowest BCUT2D eigenvalue weighted by molar-refractivity contribution is -0.115. The highest BCUT2D eigenvalue weighted by molar-refractivity contribution is 5.91. The van der Waals surface area contributed by atoms with Crippen LogP contribution in [-0.4, -0.2) is 35.6 Å². The maximum Gasteiger partial charge on any atom is 0.229 e. The zero-order valence-corrected chi connectivity index (χ0v) is 13.9. The summed E-state index contributed by atoms with van der Waals surface area (Å²) >= 11 is 0. The van der Waals surface area contributed by atoms with Gasteiger partial charge in [-0.05, 0) is 37.5 Å². The molecule has 0 saturated carbocycles. The van der Waals surface area contributed by atoms with Gasteiger partial charge >= 0.3 is 0 Å². The van der Waals surface area contributed by atoms with E-state index in [-0.39, 0.29) is 5.91 Å². The van der Waals surface area contributed by atoms with E-state index in [2.05, 4.69) is 20.2 Å². The zero-order chi connectivity index (χ0) is 16.8. The van der Waals surface area contributed by atoms with Crippen molar-refractivity contribution in [1.29, 1.82) is 0 Å². The van der Waals surface area contributed by atoms with E-state index >= 15 is 0 Å². The Kier molecular flexibility index (Phi) is 5.25. The Balaban J connectivity index is 1.59. The molecule has 2 aromatic rings. The molecule has 0 bridgehead atoms. The predicted molar refractivity (Wildman–Crippen MR) is 93.4 cm³/mol. The molecule has 1 aromatic carbocycles. The van der Waals surface area contributed by atoms with Crippen LogP contribution in [0, 0.1) is 0 Å². The Hall–Kier alpha value is -2.63. The van der Waals surface area contributed by atoms with E-state index in [0.29, 0.717) is 18.8 Å². The topological polar surface area (TPSA) is 67.3 Å². The SMILES string of the molecule is CCOc1ccc(CC(=O)Nc2cc(N3CCCC3)ncn2)cc1. The van der Waals surface area contributed by atoms with Crippen LogP contribution in [0.3, 0.4) is 0 Å². The number of carbonyl (C=O) groups excluding carboxylic acids is 1. The molecule has 1 fully saturated rings.